The van der Waals surface area contributed by atoms with Crippen LogP contribution < -0.4 is 10.0 Å². The minimum atomic E-state index is -7.40. The molecule has 1 fully saturated rings. The predicted octanol–water partition coefficient (Wildman–Crippen LogP) is 2.58. The lowest BCUT2D eigenvalue weighted by atomic mass is 9.96. The molecule has 0 heterocycles. The third kappa shape index (κ3) is 5.46. The van der Waals surface area contributed by atoms with Gasteiger partial charge in [-0.3, -0.25) is 5.32 Å². The molecule has 0 bridgehead atoms. The maximum atomic E-state index is 13.5. The van der Waals surface area contributed by atoms with Crippen molar-refractivity contribution in [3.63, 3.8) is 0 Å². The van der Waals surface area contributed by atoms with Crippen LogP contribution >= 0.6 is 0 Å². The van der Waals surface area contributed by atoms with E-state index in [1.54, 1.807) is 0 Å². The van der Waals surface area contributed by atoms with Gasteiger partial charge in [-0.2, -0.15) is 44.2 Å². The Bertz CT molecular complexity index is 776. The molecule has 0 atom stereocenters. The number of hydrogen-bond donors (Lipinski definition) is 2. The molecule has 17 heteroatoms. The second-order valence-electron chi connectivity index (χ2n) is 6.36. The zero-order valence-electron chi connectivity index (χ0n) is 14.4. The standard InChI is InChI=1S/C12H17F9N2O4S2/c13-9(14,11(17,18)19)10(15,16)12(20,21)28(24,25)7-23-29(26,27)6-22-8-4-2-1-3-5-8/h8,22-23H,1-7H2. The third-order valence-corrected chi connectivity index (χ3v) is 7.02. The van der Waals surface area contributed by atoms with Crippen LogP contribution in [0.4, 0.5) is 39.5 Å². The minimum absolute atomic E-state index is 0.298. The summed E-state index contributed by atoms with van der Waals surface area (Å²) in [6, 6.07) is -0.298. The fourth-order valence-corrected chi connectivity index (χ4v) is 5.00. The van der Waals surface area contributed by atoms with Crippen LogP contribution in [0.1, 0.15) is 32.1 Å². The van der Waals surface area contributed by atoms with Gasteiger partial charge in [-0.05, 0) is 12.8 Å². The lowest BCUT2D eigenvalue weighted by molar-refractivity contribution is -0.382. The van der Waals surface area contributed by atoms with E-state index >= 15 is 0 Å². The number of sulfone groups is 1. The summed E-state index contributed by atoms with van der Waals surface area (Å²) in [7, 11) is -11.5. The Morgan fingerprint density at radius 3 is 1.66 bits per heavy atom. The van der Waals surface area contributed by atoms with Crippen molar-refractivity contribution in [3.8, 4) is 0 Å². The molecule has 174 valence electrons. The maximum Gasteiger partial charge on any atom is 0.460 e. The quantitative estimate of drug-likeness (QED) is 0.487. The van der Waals surface area contributed by atoms with E-state index in [-0.39, 0.29) is 6.04 Å². The van der Waals surface area contributed by atoms with Crippen molar-refractivity contribution < 1.29 is 56.3 Å². The largest absolute Gasteiger partial charge is 0.460 e. The van der Waals surface area contributed by atoms with Gasteiger partial charge in [-0.15, -0.1) is 0 Å². The van der Waals surface area contributed by atoms with Crippen molar-refractivity contribution in [2.75, 3.05) is 11.8 Å². The summed E-state index contributed by atoms with van der Waals surface area (Å²) in [6.07, 6.45) is -3.66. The van der Waals surface area contributed by atoms with E-state index < -0.39 is 54.9 Å². The van der Waals surface area contributed by atoms with Gasteiger partial charge in [0.1, 0.15) is 11.8 Å². The first-order valence-electron chi connectivity index (χ1n) is 7.92. The summed E-state index contributed by atoms with van der Waals surface area (Å²) in [5, 5.41) is -4.47. The molecule has 0 unspecified atom stereocenters. The van der Waals surface area contributed by atoms with Crippen molar-refractivity contribution in [1.29, 1.82) is 0 Å². The molecule has 1 saturated carbocycles. The molecule has 0 saturated heterocycles. The Kier molecular flexibility index (Phi) is 7.57. The summed E-state index contributed by atoms with van der Waals surface area (Å²) in [6.45, 7) is 0. The molecule has 0 amide bonds. The van der Waals surface area contributed by atoms with E-state index in [0.717, 1.165) is 24.0 Å². The first kappa shape index (κ1) is 26.2. The van der Waals surface area contributed by atoms with Crippen molar-refractivity contribution >= 4 is 19.9 Å². The summed E-state index contributed by atoms with van der Waals surface area (Å²) < 4.78 is 162. The number of alkyl halides is 9. The fourth-order valence-electron chi connectivity index (χ4n) is 2.40. The van der Waals surface area contributed by atoms with Crippen LogP contribution in [0.2, 0.25) is 0 Å². The number of halogens is 9. The van der Waals surface area contributed by atoms with Crippen LogP contribution in [0.25, 0.3) is 0 Å². The normalized spacial score (nSPS) is 18.8. The van der Waals surface area contributed by atoms with Gasteiger partial charge in [-0.25, -0.2) is 16.8 Å². The second kappa shape index (κ2) is 8.37. The highest BCUT2D eigenvalue weighted by Gasteiger charge is 2.85. The molecule has 0 aliphatic heterocycles. The molecule has 1 aliphatic carbocycles. The fraction of sp³-hybridized carbons (Fsp3) is 1.00. The summed E-state index contributed by atoms with van der Waals surface area (Å²) in [4.78, 5) is 0. The van der Waals surface area contributed by atoms with Crippen molar-refractivity contribution in [1.82, 2.24) is 10.0 Å². The highest BCUT2D eigenvalue weighted by atomic mass is 32.2. The van der Waals surface area contributed by atoms with Crippen LogP contribution in [0, 0.1) is 0 Å². The average molecular weight is 488 g/mol. The lowest BCUT2D eigenvalue weighted by Gasteiger charge is -2.33. The summed E-state index contributed by atoms with van der Waals surface area (Å²) >= 11 is 0. The van der Waals surface area contributed by atoms with Gasteiger partial charge in [0, 0.05) is 6.04 Å². The van der Waals surface area contributed by atoms with Gasteiger partial charge >= 0.3 is 23.3 Å². The molecule has 1 aliphatic rings. The van der Waals surface area contributed by atoms with E-state index in [0.29, 0.717) is 12.8 Å². The third-order valence-electron chi connectivity index (χ3n) is 4.14. The van der Waals surface area contributed by atoms with E-state index in [2.05, 4.69) is 5.32 Å². The number of nitrogens with one attached hydrogen (secondary N) is 2. The van der Waals surface area contributed by atoms with Gasteiger partial charge in [0.05, 0.1) is 0 Å². The van der Waals surface area contributed by atoms with E-state index in [1.807, 2.05) is 0 Å². The number of hydrogen-bond acceptors (Lipinski definition) is 5. The molecule has 2 N–H and O–H groups in total. The second-order valence-corrected chi connectivity index (χ2v) is 10.2. The van der Waals surface area contributed by atoms with Crippen molar-refractivity contribution in [3.05, 3.63) is 0 Å². The molecule has 0 aromatic heterocycles. The first-order chi connectivity index (χ1) is 12.8. The molecule has 6 nitrogen and oxygen atoms in total. The van der Waals surface area contributed by atoms with Gasteiger partial charge in [0.15, 0.2) is 0 Å². The van der Waals surface area contributed by atoms with E-state index in [4.69, 9.17) is 0 Å². The molecule has 29 heavy (non-hydrogen) atoms. The van der Waals surface area contributed by atoms with E-state index in [9.17, 15) is 56.3 Å². The molecular weight excluding hydrogens is 471 g/mol. The smallest absolute Gasteiger partial charge is 0.300 e. The highest BCUT2D eigenvalue weighted by Crippen LogP contribution is 2.54. The lowest BCUT2D eigenvalue weighted by Crippen LogP contribution is -2.64. The van der Waals surface area contributed by atoms with Crippen LogP contribution in [0.5, 0.6) is 0 Å². The molecule has 0 aromatic rings. The predicted molar refractivity (Wildman–Crippen MR) is 81.6 cm³/mol. The monoisotopic (exact) mass is 488 g/mol. The molecule has 0 spiro atoms. The maximum absolute atomic E-state index is 13.5. The van der Waals surface area contributed by atoms with Crippen LogP contribution in [-0.2, 0) is 19.9 Å². The topological polar surface area (TPSA) is 92.3 Å². The Labute approximate surface area is 160 Å². The zero-order valence-corrected chi connectivity index (χ0v) is 16.0. The van der Waals surface area contributed by atoms with Crippen LogP contribution in [0.3, 0.4) is 0 Å². The first-order valence-corrected chi connectivity index (χ1v) is 11.2. The minimum Gasteiger partial charge on any atom is -0.300 e. The van der Waals surface area contributed by atoms with Crippen LogP contribution in [-0.4, -0.2) is 57.9 Å². The molecule has 1 rings (SSSR count). The summed E-state index contributed by atoms with van der Waals surface area (Å²) in [5.41, 5.74) is 0. The molecule has 0 radical (unpaired) electrons. The van der Waals surface area contributed by atoms with Gasteiger partial charge in [0.2, 0.25) is 19.9 Å². The van der Waals surface area contributed by atoms with Gasteiger partial charge in [-0.1, -0.05) is 19.3 Å². The molecular formula is C12H17F9N2O4S2. The van der Waals surface area contributed by atoms with Gasteiger partial charge < -0.3 is 0 Å². The summed E-state index contributed by atoms with van der Waals surface area (Å²) in [5.74, 6) is -18.3. The van der Waals surface area contributed by atoms with Crippen molar-refractivity contribution in [2.24, 2.45) is 0 Å². The van der Waals surface area contributed by atoms with Crippen LogP contribution in [0.15, 0.2) is 0 Å². The average Bonchev–Trinajstić information content (AvgIpc) is 2.58. The Balaban J connectivity index is 2.91. The van der Waals surface area contributed by atoms with Crippen molar-refractivity contribution in [2.45, 2.75) is 61.4 Å². The number of rotatable bonds is 9. The SMILES string of the molecule is O=S(=O)(CNC1CCCCC1)NCS(=O)(=O)C(F)(F)C(F)(F)C(F)(F)C(F)(F)F. The Hall–Kier alpha value is -0.810. The highest BCUT2D eigenvalue weighted by molar-refractivity contribution is 7.94. The Morgan fingerprint density at radius 1 is 0.724 bits per heavy atom. The Morgan fingerprint density at radius 2 is 1.21 bits per heavy atom. The van der Waals surface area contributed by atoms with Gasteiger partial charge in [0.25, 0.3) is 0 Å². The number of sulfonamides is 1. The molecule has 0 aromatic carbocycles. The zero-order chi connectivity index (χ0) is 22.9. The van der Waals surface area contributed by atoms with E-state index in [1.165, 1.54) is 0 Å².